The van der Waals surface area contributed by atoms with E-state index in [-0.39, 0.29) is 11.1 Å². The zero-order valence-corrected chi connectivity index (χ0v) is 11.7. The zero-order valence-electron chi connectivity index (χ0n) is 10.2. The molecule has 0 aliphatic carbocycles. The average molecular weight is 339 g/mol. The second kappa shape index (κ2) is 5.31. The summed E-state index contributed by atoms with van der Waals surface area (Å²) in [5.41, 5.74) is -1.54. The average Bonchev–Trinajstić information content (AvgIpc) is 2.36. The van der Waals surface area contributed by atoms with E-state index in [2.05, 4.69) is 0 Å². The molecule has 0 aromatic heterocycles. The molecule has 0 bridgehead atoms. The summed E-state index contributed by atoms with van der Waals surface area (Å²) in [6, 6.07) is 6.90. The molecule has 2 nitrogen and oxygen atoms in total. The van der Waals surface area contributed by atoms with Crippen LogP contribution in [0.1, 0.15) is 5.56 Å². The first kappa shape index (κ1) is 15.8. The van der Waals surface area contributed by atoms with Gasteiger partial charge < -0.3 is 0 Å². The summed E-state index contributed by atoms with van der Waals surface area (Å²) in [7, 11) is 0.755. The second-order valence-corrected chi connectivity index (χ2v) is 6.72. The maximum Gasteiger partial charge on any atom is 0.417 e. The topological polar surface area (TPSA) is 34.1 Å². The normalized spacial score (nSPS) is 12.4. The Kier molecular flexibility index (Phi) is 3.99. The quantitative estimate of drug-likeness (QED) is 0.599. The number of hydrogen-bond acceptors (Lipinski definition) is 2. The highest BCUT2D eigenvalue weighted by Gasteiger charge is 2.35. The van der Waals surface area contributed by atoms with Crippen molar-refractivity contribution in [2.24, 2.45) is 0 Å². The largest absolute Gasteiger partial charge is 0.417 e. The van der Waals surface area contributed by atoms with Gasteiger partial charge in [0.25, 0.3) is 9.05 Å². The first-order valence-electron chi connectivity index (χ1n) is 5.51. The summed E-state index contributed by atoms with van der Waals surface area (Å²) in [5, 5.41) is 0. The summed E-state index contributed by atoms with van der Waals surface area (Å²) in [5.74, 6) is -0.699. The molecule has 0 heterocycles. The van der Waals surface area contributed by atoms with Crippen LogP contribution in [-0.4, -0.2) is 8.42 Å². The summed E-state index contributed by atoms with van der Waals surface area (Å²) in [4.78, 5) is -0.670. The molecule has 8 heteroatoms. The number of alkyl halides is 3. The van der Waals surface area contributed by atoms with Crippen LogP contribution in [0.4, 0.5) is 17.6 Å². The van der Waals surface area contributed by atoms with Gasteiger partial charge >= 0.3 is 6.18 Å². The van der Waals surface area contributed by atoms with Crippen molar-refractivity contribution in [3.8, 4) is 11.1 Å². The number of benzene rings is 2. The van der Waals surface area contributed by atoms with Crippen LogP contribution in [0, 0.1) is 5.82 Å². The molecule has 2 rings (SSSR count). The van der Waals surface area contributed by atoms with Crippen molar-refractivity contribution in [1.82, 2.24) is 0 Å². The van der Waals surface area contributed by atoms with Crippen molar-refractivity contribution in [3.63, 3.8) is 0 Å². The molecule has 21 heavy (non-hydrogen) atoms. The van der Waals surface area contributed by atoms with Gasteiger partial charge in [-0.2, -0.15) is 13.2 Å². The van der Waals surface area contributed by atoms with Crippen molar-refractivity contribution in [2.75, 3.05) is 0 Å². The molecule has 0 amide bonds. The van der Waals surface area contributed by atoms with E-state index >= 15 is 0 Å². The molecule has 0 aliphatic heterocycles. The minimum Gasteiger partial charge on any atom is -0.207 e. The fourth-order valence-electron chi connectivity index (χ4n) is 1.82. The van der Waals surface area contributed by atoms with Crippen molar-refractivity contribution in [1.29, 1.82) is 0 Å². The molecule has 0 aliphatic rings. The standard InChI is InChI=1S/C13H7ClF4O2S/c14-21(19,20)10-4-5-11(12(7-10)13(16,17)18)8-2-1-3-9(15)6-8/h1-7H. The van der Waals surface area contributed by atoms with Gasteiger partial charge in [-0.1, -0.05) is 18.2 Å². The Bertz CT molecular complexity index is 785. The molecule has 0 unspecified atom stereocenters. The molecular formula is C13H7ClF4O2S. The van der Waals surface area contributed by atoms with Gasteiger partial charge in [-0.05, 0) is 35.4 Å². The lowest BCUT2D eigenvalue weighted by Gasteiger charge is -2.14. The minimum atomic E-state index is -4.81. The lowest BCUT2D eigenvalue weighted by atomic mass is 9.99. The van der Waals surface area contributed by atoms with E-state index in [1.54, 1.807) is 0 Å². The van der Waals surface area contributed by atoms with Crippen LogP contribution in [0.3, 0.4) is 0 Å². The highest BCUT2D eigenvalue weighted by atomic mass is 35.7. The molecule has 0 atom stereocenters. The fraction of sp³-hybridized carbons (Fsp3) is 0.0769. The second-order valence-electron chi connectivity index (χ2n) is 4.15. The van der Waals surface area contributed by atoms with E-state index in [4.69, 9.17) is 10.7 Å². The maximum absolute atomic E-state index is 13.2. The van der Waals surface area contributed by atoms with Crippen LogP contribution >= 0.6 is 10.7 Å². The lowest BCUT2D eigenvalue weighted by Crippen LogP contribution is -2.08. The van der Waals surface area contributed by atoms with Crippen LogP contribution in [-0.2, 0) is 15.2 Å². The third-order valence-corrected chi connectivity index (χ3v) is 4.07. The van der Waals surface area contributed by atoms with Crippen LogP contribution in [0.25, 0.3) is 11.1 Å². The molecular weight excluding hydrogens is 332 g/mol. The van der Waals surface area contributed by atoms with E-state index in [1.807, 2.05) is 0 Å². The van der Waals surface area contributed by atoms with Gasteiger partial charge in [-0.15, -0.1) is 0 Å². The highest BCUT2D eigenvalue weighted by Crippen LogP contribution is 2.38. The molecule has 2 aromatic carbocycles. The summed E-state index contributed by atoms with van der Waals surface area (Å²) < 4.78 is 74.7. The molecule has 2 aromatic rings. The molecule has 0 spiro atoms. The molecule has 112 valence electrons. The highest BCUT2D eigenvalue weighted by molar-refractivity contribution is 8.13. The molecule has 0 fully saturated rings. The van der Waals surface area contributed by atoms with Crippen molar-refractivity contribution >= 4 is 19.7 Å². The van der Waals surface area contributed by atoms with Gasteiger partial charge in [0.15, 0.2) is 0 Å². The third-order valence-electron chi connectivity index (χ3n) is 2.71. The molecule has 0 radical (unpaired) electrons. The van der Waals surface area contributed by atoms with E-state index in [0.29, 0.717) is 6.07 Å². The monoisotopic (exact) mass is 338 g/mol. The van der Waals surface area contributed by atoms with E-state index in [1.165, 1.54) is 12.1 Å². The van der Waals surface area contributed by atoms with Gasteiger partial charge in [-0.25, -0.2) is 12.8 Å². The zero-order chi connectivity index (χ0) is 15.8. The van der Waals surface area contributed by atoms with Gasteiger partial charge in [0.05, 0.1) is 10.5 Å². The molecule has 0 N–H and O–H groups in total. The van der Waals surface area contributed by atoms with Crippen molar-refractivity contribution < 1.29 is 26.0 Å². The fourth-order valence-corrected chi connectivity index (χ4v) is 2.59. The lowest BCUT2D eigenvalue weighted by molar-refractivity contribution is -0.137. The minimum absolute atomic E-state index is 0.0131. The van der Waals surface area contributed by atoms with Crippen LogP contribution in [0.2, 0.25) is 0 Å². The number of rotatable bonds is 2. The van der Waals surface area contributed by atoms with E-state index in [9.17, 15) is 26.0 Å². The summed E-state index contributed by atoms with van der Waals surface area (Å²) in [6.45, 7) is 0. The smallest absolute Gasteiger partial charge is 0.207 e. The van der Waals surface area contributed by atoms with Crippen molar-refractivity contribution in [2.45, 2.75) is 11.1 Å². The van der Waals surface area contributed by atoms with E-state index in [0.717, 1.165) is 24.3 Å². The number of halogens is 5. The predicted octanol–water partition coefficient (Wildman–Crippen LogP) is 4.44. The van der Waals surface area contributed by atoms with E-state index < -0.39 is 31.5 Å². The Hall–Kier alpha value is -1.60. The Morgan fingerprint density at radius 2 is 1.67 bits per heavy atom. The summed E-state index contributed by atoms with van der Waals surface area (Å²) in [6.07, 6.45) is -4.81. The van der Waals surface area contributed by atoms with Gasteiger partial charge in [0.2, 0.25) is 0 Å². The Balaban J connectivity index is 2.73. The first-order chi connectivity index (χ1) is 9.59. The third kappa shape index (κ3) is 3.54. The summed E-state index contributed by atoms with van der Waals surface area (Å²) >= 11 is 0. The van der Waals surface area contributed by atoms with Gasteiger partial charge in [0, 0.05) is 10.7 Å². The predicted molar refractivity (Wildman–Crippen MR) is 69.9 cm³/mol. The first-order valence-corrected chi connectivity index (χ1v) is 7.82. The van der Waals surface area contributed by atoms with Crippen LogP contribution < -0.4 is 0 Å². The Labute approximate surface area is 122 Å². The van der Waals surface area contributed by atoms with Crippen LogP contribution in [0.15, 0.2) is 47.4 Å². The van der Waals surface area contributed by atoms with Gasteiger partial charge in [0.1, 0.15) is 5.82 Å². The van der Waals surface area contributed by atoms with Gasteiger partial charge in [-0.3, -0.25) is 0 Å². The molecule has 0 saturated heterocycles. The Morgan fingerprint density at radius 1 is 1.00 bits per heavy atom. The van der Waals surface area contributed by atoms with Crippen LogP contribution in [0.5, 0.6) is 0 Å². The SMILES string of the molecule is O=S(=O)(Cl)c1ccc(-c2cccc(F)c2)c(C(F)(F)F)c1. The maximum atomic E-state index is 13.2. The molecule has 0 saturated carbocycles. The van der Waals surface area contributed by atoms with Crippen molar-refractivity contribution in [3.05, 3.63) is 53.8 Å². The Morgan fingerprint density at radius 3 is 2.19 bits per heavy atom. The number of hydrogen-bond donors (Lipinski definition) is 0.